The van der Waals surface area contributed by atoms with E-state index in [4.69, 9.17) is 4.74 Å². The average molecular weight is 490 g/mol. The number of aliphatic hydroxyl groups excluding tert-OH is 1. The third-order valence-electron chi connectivity index (χ3n) is 5.21. The summed E-state index contributed by atoms with van der Waals surface area (Å²) in [5.41, 5.74) is 3.18. The molecular weight excluding hydrogens is 462 g/mol. The Kier molecular flexibility index (Phi) is 7.86. The third-order valence-corrected chi connectivity index (χ3v) is 5.82. The summed E-state index contributed by atoms with van der Waals surface area (Å²) in [6.45, 7) is 2.73. The van der Waals surface area contributed by atoms with Gasteiger partial charge in [0.05, 0.1) is 17.9 Å². The number of para-hydroxylation sites is 1. The Hall–Kier alpha value is -2.78. The predicted octanol–water partition coefficient (Wildman–Crippen LogP) is 4.20. The molecule has 176 valence electrons. The summed E-state index contributed by atoms with van der Waals surface area (Å²) in [5.74, 6) is 0.776. The highest BCUT2D eigenvalue weighted by Gasteiger charge is 2.12. The number of sulfonamides is 1. The van der Waals surface area contributed by atoms with Crippen LogP contribution in [0.1, 0.15) is 18.6 Å². The quantitative estimate of drug-likeness (QED) is 0.282. The van der Waals surface area contributed by atoms with E-state index in [0.717, 1.165) is 28.4 Å². The SMILES string of the molecule is CC(COc1ccc2c(c1)[nH]c1ccccc12)NCC(O)c1cccc(NS(C)(=O)=O)c1.Cl. The molecule has 3 aromatic carbocycles. The lowest BCUT2D eigenvalue weighted by atomic mass is 10.1. The Morgan fingerprint density at radius 1 is 1.00 bits per heavy atom. The van der Waals surface area contributed by atoms with Crippen molar-refractivity contribution in [3.05, 3.63) is 72.3 Å². The molecule has 4 aromatic rings. The van der Waals surface area contributed by atoms with Gasteiger partial charge in [-0.2, -0.15) is 0 Å². The van der Waals surface area contributed by atoms with E-state index in [1.54, 1.807) is 24.3 Å². The number of aromatic nitrogens is 1. The summed E-state index contributed by atoms with van der Waals surface area (Å²) in [4.78, 5) is 3.41. The molecule has 0 saturated heterocycles. The number of anilines is 1. The maximum Gasteiger partial charge on any atom is 0.229 e. The van der Waals surface area contributed by atoms with Gasteiger partial charge in [-0.05, 0) is 42.8 Å². The summed E-state index contributed by atoms with van der Waals surface area (Å²) in [6, 6.07) is 20.9. The van der Waals surface area contributed by atoms with Gasteiger partial charge in [-0.15, -0.1) is 12.4 Å². The van der Waals surface area contributed by atoms with Gasteiger partial charge in [-0.25, -0.2) is 8.42 Å². The highest BCUT2D eigenvalue weighted by atomic mass is 35.5. The Bertz CT molecular complexity index is 1340. The largest absolute Gasteiger partial charge is 0.492 e. The van der Waals surface area contributed by atoms with Crippen molar-refractivity contribution >= 4 is 49.9 Å². The monoisotopic (exact) mass is 489 g/mol. The standard InChI is InChI=1S/C24H27N3O4S.ClH/c1-16(25-14-24(28)17-6-5-7-18(12-17)27-32(2,29)30)15-31-19-10-11-21-20-8-3-4-9-22(20)26-23(21)13-19;/h3-13,16,24-28H,14-15H2,1-2H3;1H. The highest BCUT2D eigenvalue weighted by Crippen LogP contribution is 2.28. The molecule has 9 heteroatoms. The molecule has 0 aliphatic rings. The average Bonchev–Trinajstić information content (AvgIpc) is 3.13. The van der Waals surface area contributed by atoms with Gasteiger partial charge in [-0.1, -0.05) is 30.3 Å². The van der Waals surface area contributed by atoms with Gasteiger partial charge in [0.25, 0.3) is 0 Å². The Balaban J connectivity index is 0.00000306. The lowest BCUT2D eigenvalue weighted by molar-refractivity contribution is 0.164. The number of aliphatic hydroxyl groups is 1. The second kappa shape index (κ2) is 10.4. The van der Waals surface area contributed by atoms with Crippen molar-refractivity contribution < 1.29 is 18.3 Å². The molecule has 0 radical (unpaired) electrons. The van der Waals surface area contributed by atoms with E-state index < -0.39 is 16.1 Å². The van der Waals surface area contributed by atoms with E-state index in [-0.39, 0.29) is 18.4 Å². The van der Waals surface area contributed by atoms with Crippen molar-refractivity contribution in [3.8, 4) is 5.75 Å². The van der Waals surface area contributed by atoms with E-state index in [0.29, 0.717) is 24.4 Å². The maximum absolute atomic E-state index is 11.4. The molecule has 7 nitrogen and oxygen atoms in total. The van der Waals surface area contributed by atoms with E-state index in [9.17, 15) is 13.5 Å². The summed E-state index contributed by atoms with van der Waals surface area (Å²) in [7, 11) is -3.37. The van der Waals surface area contributed by atoms with Gasteiger partial charge in [-0.3, -0.25) is 4.72 Å². The zero-order valence-corrected chi connectivity index (χ0v) is 20.0. The fourth-order valence-corrected chi connectivity index (χ4v) is 4.21. The minimum Gasteiger partial charge on any atom is -0.492 e. The number of H-pyrrole nitrogens is 1. The van der Waals surface area contributed by atoms with Crippen molar-refractivity contribution in [2.45, 2.75) is 19.1 Å². The maximum atomic E-state index is 11.4. The smallest absolute Gasteiger partial charge is 0.229 e. The lowest BCUT2D eigenvalue weighted by Crippen LogP contribution is -2.34. The zero-order chi connectivity index (χ0) is 22.7. The lowest BCUT2D eigenvalue weighted by Gasteiger charge is -2.18. The molecule has 0 fully saturated rings. The first-order valence-electron chi connectivity index (χ1n) is 10.4. The number of hydrogen-bond acceptors (Lipinski definition) is 5. The van der Waals surface area contributed by atoms with Crippen LogP contribution >= 0.6 is 12.4 Å². The minimum atomic E-state index is -3.37. The van der Waals surface area contributed by atoms with Crippen LogP contribution in [0.4, 0.5) is 5.69 Å². The van der Waals surface area contributed by atoms with Crippen LogP contribution in [0.25, 0.3) is 21.8 Å². The molecule has 0 bridgehead atoms. The number of fused-ring (bicyclic) bond motifs is 3. The van der Waals surface area contributed by atoms with Crippen LogP contribution in [0.3, 0.4) is 0 Å². The van der Waals surface area contributed by atoms with Crippen LogP contribution in [0.2, 0.25) is 0 Å². The zero-order valence-electron chi connectivity index (χ0n) is 18.4. The molecular formula is C24H28ClN3O4S. The fraction of sp³-hybridized carbons (Fsp3) is 0.250. The molecule has 0 aliphatic heterocycles. The van der Waals surface area contributed by atoms with Crippen molar-refractivity contribution in [3.63, 3.8) is 0 Å². The van der Waals surface area contributed by atoms with Crippen LogP contribution in [-0.4, -0.2) is 44.0 Å². The molecule has 2 atom stereocenters. The number of benzene rings is 3. The van der Waals surface area contributed by atoms with E-state index in [2.05, 4.69) is 33.2 Å². The van der Waals surface area contributed by atoms with Crippen LogP contribution in [0.15, 0.2) is 66.7 Å². The van der Waals surface area contributed by atoms with Crippen LogP contribution in [-0.2, 0) is 10.0 Å². The molecule has 0 aliphatic carbocycles. The highest BCUT2D eigenvalue weighted by molar-refractivity contribution is 7.92. The van der Waals surface area contributed by atoms with Gasteiger partial charge in [0, 0.05) is 40.6 Å². The predicted molar refractivity (Wildman–Crippen MR) is 136 cm³/mol. The first kappa shape index (κ1) is 24.9. The normalized spacial score (nSPS) is 13.4. The van der Waals surface area contributed by atoms with Gasteiger partial charge in [0.1, 0.15) is 12.4 Å². The second-order valence-electron chi connectivity index (χ2n) is 8.01. The number of halogens is 1. The minimum absolute atomic E-state index is 0. The molecule has 1 aromatic heterocycles. The first-order valence-corrected chi connectivity index (χ1v) is 12.3. The second-order valence-corrected chi connectivity index (χ2v) is 9.76. The topological polar surface area (TPSA) is 103 Å². The number of ether oxygens (including phenoxy) is 1. The van der Waals surface area contributed by atoms with Crippen LogP contribution in [0, 0.1) is 0 Å². The number of rotatable bonds is 9. The van der Waals surface area contributed by atoms with Crippen molar-refractivity contribution in [2.24, 2.45) is 0 Å². The number of hydrogen-bond donors (Lipinski definition) is 4. The summed E-state index contributed by atoms with van der Waals surface area (Å²) < 4.78 is 31.2. The molecule has 0 spiro atoms. The van der Waals surface area contributed by atoms with Gasteiger partial charge < -0.3 is 20.1 Å². The third kappa shape index (κ3) is 6.39. The summed E-state index contributed by atoms with van der Waals surface area (Å²) in [6.07, 6.45) is 0.316. The van der Waals surface area contributed by atoms with Crippen LogP contribution < -0.4 is 14.8 Å². The molecule has 1 heterocycles. The molecule has 33 heavy (non-hydrogen) atoms. The Morgan fingerprint density at radius 2 is 1.76 bits per heavy atom. The molecule has 4 rings (SSSR count). The van der Waals surface area contributed by atoms with Gasteiger partial charge in [0.2, 0.25) is 10.0 Å². The van der Waals surface area contributed by atoms with Gasteiger partial charge >= 0.3 is 0 Å². The molecule has 4 N–H and O–H groups in total. The molecule has 0 saturated carbocycles. The summed E-state index contributed by atoms with van der Waals surface area (Å²) in [5, 5.41) is 16.1. The van der Waals surface area contributed by atoms with Crippen LogP contribution in [0.5, 0.6) is 5.75 Å². The summed E-state index contributed by atoms with van der Waals surface area (Å²) >= 11 is 0. The molecule has 0 amide bonds. The Morgan fingerprint density at radius 3 is 2.55 bits per heavy atom. The van der Waals surface area contributed by atoms with E-state index >= 15 is 0 Å². The van der Waals surface area contributed by atoms with E-state index in [1.165, 1.54) is 5.39 Å². The number of nitrogens with one attached hydrogen (secondary N) is 3. The Labute approximate surface area is 199 Å². The fourth-order valence-electron chi connectivity index (χ4n) is 3.66. The first-order chi connectivity index (χ1) is 15.3. The van der Waals surface area contributed by atoms with Crippen molar-refractivity contribution in [1.82, 2.24) is 10.3 Å². The molecule has 2 unspecified atom stereocenters. The number of aromatic amines is 1. The van der Waals surface area contributed by atoms with Gasteiger partial charge in [0.15, 0.2) is 0 Å². The van der Waals surface area contributed by atoms with Crippen molar-refractivity contribution in [2.75, 3.05) is 24.1 Å². The van der Waals surface area contributed by atoms with Crippen molar-refractivity contribution in [1.29, 1.82) is 0 Å². The van der Waals surface area contributed by atoms with E-state index in [1.807, 2.05) is 31.2 Å².